The number of pyridine rings is 1. The van der Waals surface area contributed by atoms with Gasteiger partial charge in [-0.05, 0) is 41.9 Å². The molecule has 2 heterocycles. The van der Waals surface area contributed by atoms with E-state index in [9.17, 15) is 0 Å². The zero-order valence-corrected chi connectivity index (χ0v) is 9.75. The topological polar surface area (TPSA) is 43.3 Å². The standard InChI is InChI=1S/C10H12BrN3/c1-10(2,12)9-13-6-7-4-3-5-8(11)14(7)9/h3-6H,12H2,1-2H3. The fourth-order valence-corrected chi connectivity index (χ4v) is 1.99. The maximum atomic E-state index is 6.03. The first-order valence-electron chi connectivity index (χ1n) is 4.41. The minimum atomic E-state index is -0.434. The number of fused-ring (bicyclic) bond motifs is 1. The van der Waals surface area contributed by atoms with Gasteiger partial charge in [0, 0.05) is 0 Å². The van der Waals surface area contributed by atoms with Crippen molar-refractivity contribution in [3.05, 3.63) is 34.8 Å². The van der Waals surface area contributed by atoms with Crippen molar-refractivity contribution >= 4 is 21.4 Å². The van der Waals surface area contributed by atoms with Crippen molar-refractivity contribution in [3.8, 4) is 0 Å². The lowest BCUT2D eigenvalue weighted by Crippen LogP contribution is -2.31. The van der Waals surface area contributed by atoms with Crippen molar-refractivity contribution in [2.45, 2.75) is 19.4 Å². The molecule has 2 rings (SSSR count). The van der Waals surface area contributed by atoms with Gasteiger partial charge in [0.2, 0.25) is 0 Å². The zero-order chi connectivity index (χ0) is 10.3. The molecule has 0 aromatic carbocycles. The van der Waals surface area contributed by atoms with Gasteiger partial charge < -0.3 is 5.73 Å². The Morgan fingerprint density at radius 2 is 2.14 bits per heavy atom. The first-order valence-corrected chi connectivity index (χ1v) is 5.21. The number of rotatable bonds is 1. The van der Waals surface area contributed by atoms with Crippen LogP contribution in [0.3, 0.4) is 0 Å². The highest BCUT2D eigenvalue weighted by Crippen LogP contribution is 2.22. The van der Waals surface area contributed by atoms with Gasteiger partial charge in [0.1, 0.15) is 5.82 Å². The van der Waals surface area contributed by atoms with Crippen LogP contribution in [0.5, 0.6) is 0 Å². The first-order chi connectivity index (χ1) is 6.50. The largest absolute Gasteiger partial charge is 0.319 e. The normalized spacial score (nSPS) is 12.3. The van der Waals surface area contributed by atoms with Gasteiger partial charge in [-0.1, -0.05) is 6.07 Å². The van der Waals surface area contributed by atoms with Crippen LogP contribution in [0.2, 0.25) is 0 Å². The Bertz CT molecular complexity index is 468. The molecule has 0 radical (unpaired) electrons. The third-order valence-electron chi connectivity index (χ3n) is 2.08. The molecule has 3 nitrogen and oxygen atoms in total. The number of aromatic nitrogens is 2. The van der Waals surface area contributed by atoms with Gasteiger partial charge in [-0.25, -0.2) is 4.98 Å². The van der Waals surface area contributed by atoms with E-state index in [1.54, 1.807) is 0 Å². The second-order valence-corrected chi connectivity index (χ2v) is 4.72. The van der Waals surface area contributed by atoms with Crippen LogP contribution in [0.25, 0.3) is 5.52 Å². The van der Waals surface area contributed by atoms with Gasteiger partial charge >= 0.3 is 0 Å². The second kappa shape index (κ2) is 3.07. The van der Waals surface area contributed by atoms with Crippen LogP contribution in [0.1, 0.15) is 19.7 Å². The van der Waals surface area contributed by atoms with Crippen LogP contribution in [0.4, 0.5) is 0 Å². The number of nitrogens with zero attached hydrogens (tertiary/aromatic N) is 2. The summed E-state index contributed by atoms with van der Waals surface area (Å²) in [7, 11) is 0. The van der Waals surface area contributed by atoms with E-state index in [1.807, 2.05) is 42.6 Å². The van der Waals surface area contributed by atoms with E-state index >= 15 is 0 Å². The third-order valence-corrected chi connectivity index (χ3v) is 2.70. The smallest absolute Gasteiger partial charge is 0.133 e. The summed E-state index contributed by atoms with van der Waals surface area (Å²) in [5, 5.41) is 0. The molecule has 0 aliphatic heterocycles. The lowest BCUT2D eigenvalue weighted by Gasteiger charge is -2.17. The minimum Gasteiger partial charge on any atom is -0.319 e. The average molecular weight is 254 g/mol. The average Bonchev–Trinajstić information content (AvgIpc) is 2.47. The van der Waals surface area contributed by atoms with Crippen LogP contribution in [-0.4, -0.2) is 9.38 Å². The number of halogens is 1. The molecule has 0 spiro atoms. The number of imidazole rings is 1. The Kier molecular flexibility index (Phi) is 2.12. The van der Waals surface area contributed by atoms with Crippen molar-refractivity contribution in [3.63, 3.8) is 0 Å². The van der Waals surface area contributed by atoms with Gasteiger partial charge in [0.05, 0.1) is 21.9 Å². The molecule has 0 saturated carbocycles. The summed E-state index contributed by atoms with van der Waals surface area (Å²) < 4.78 is 2.99. The minimum absolute atomic E-state index is 0.434. The Morgan fingerprint density at radius 3 is 2.79 bits per heavy atom. The van der Waals surface area contributed by atoms with Crippen LogP contribution >= 0.6 is 15.9 Å². The number of nitrogens with two attached hydrogens (primary N) is 1. The molecule has 2 N–H and O–H groups in total. The Labute approximate surface area is 91.1 Å². The van der Waals surface area contributed by atoms with E-state index in [0.29, 0.717) is 0 Å². The third kappa shape index (κ3) is 1.44. The Hall–Kier alpha value is -0.870. The van der Waals surface area contributed by atoms with Crippen LogP contribution in [-0.2, 0) is 5.54 Å². The predicted octanol–water partition coefficient (Wildman–Crippen LogP) is 2.29. The van der Waals surface area contributed by atoms with Crippen LogP contribution in [0.15, 0.2) is 29.0 Å². The molecular weight excluding hydrogens is 242 g/mol. The van der Waals surface area contributed by atoms with Gasteiger partial charge in [-0.2, -0.15) is 0 Å². The van der Waals surface area contributed by atoms with E-state index in [4.69, 9.17) is 5.73 Å². The maximum absolute atomic E-state index is 6.03. The first kappa shape index (κ1) is 9.68. The molecule has 0 bridgehead atoms. The molecule has 14 heavy (non-hydrogen) atoms. The molecule has 2 aromatic heterocycles. The van der Waals surface area contributed by atoms with Gasteiger partial charge in [-0.3, -0.25) is 4.40 Å². The zero-order valence-electron chi connectivity index (χ0n) is 8.16. The van der Waals surface area contributed by atoms with Gasteiger partial charge in [-0.15, -0.1) is 0 Å². The van der Waals surface area contributed by atoms with Gasteiger partial charge in [0.15, 0.2) is 0 Å². The predicted molar refractivity (Wildman–Crippen MR) is 60.1 cm³/mol. The highest BCUT2D eigenvalue weighted by Gasteiger charge is 2.20. The lowest BCUT2D eigenvalue weighted by atomic mass is 10.1. The highest BCUT2D eigenvalue weighted by molar-refractivity contribution is 9.10. The van der Waals surface area contributed by atoms with E-state index in [0.717, 1.165) is 15.9 Å². The summed E-state index contributed by atoms with van der Waals surface area (Å²) >= 11 is 3.49. The Morgan fingerprint density at radius 1 is 1.43 bits per heavy atom. The van der Waals surface area contributed by atoms with Crippen molar-refractivity contribution in [1.29, 1.82) is 0 Å². The summed E-state index contributed by atoms with van der Waals surface area (Å²) in [5.41, 5.74) is 6.65. The molecule has 0 aliphatic rings. The molecular formula is C10H12BrN3. The molecule has 0 amide bonds. The van der Waals surface area contributed by atoms with Crippen molar-refractivity contribution in [2.24, 2.45) is 5.73 Å². The van der Waals surface area contributed by atoms with E-state index < -0.39 is 5.54 Å². The number of hydrogen-bond acceptors (Lipinski definition) is 2. The highest BCUT2D eigenvalue weighted by atomic mass is 79.9. The van der Waals surface area contributed by atoms with E-state index in [-0.39, 0.29) is 0 Å². The second-order valence-electron chi connectivity index (χ2n) is 3.91. The summed E-state index contributed by atoms with van der Waals surface area (Å²) in [6.07, 6.45) is 1.83. The van der Waals surface area contributed by atoms with Gasteiger partial charge in [0.25, 0.3) is 0 Å². The quantitative estimate of drug-likeness (QED) is 0.793. The Balaban J connectivity index is 2.80. The molecule has 2 aromatic rings. The van der Waals surface area contributed by atoms with Crippen molar-refractivity contribution in [1.82, 2.24) is 9.38 Å². The van der Waals surface area contributed by atoms with E-state index in [2.05, 4.69) is 20.9 Å². The molecule has 4 heteroatoms. The lowest BCUT2D eigenvalue weighted by molar-refractivity contribution is 0.510. The molecule has 0 unspecified atom stereocenters. The fourth-order valence-electron chi connectivity index (χ4n) is 1.46. The summed E-state index contributed by atoms with van der Waals surface area (Å²) in [5.74, 6) is 0.861. The number of hydrogen-bond donors (Lipinski definition) is 1. The fraction of sp³-hybridized carbons (Fsp3) is 0.300. The van der Waals surface area contributed by atoms with Crippen molar-refractivity contribution < 1.29 is 0 Å². The van der Waals surface area contributed by atoms with Crippen molar-refractivity contribution in [2.75, 3.05) is 0 Å². The molecule has 0 atom stereocenters. The molecule has 0 fully saturated rings. The summed E-state index contributed by atoms with van der Waals surface area (Å²) in [4.78, 5) is 4.34. The van der Waals surface area contributed by atoms with Crippen LogP contribution < -0.4 is 5.73 Å². The summed E-state index contributed by atoms with van der Waals surface area (Å²) in [6, 6.07) is 5.96. The SMILES string of the molecule is CC(C)(N)c1ncc2cccc(Br)n12. The summed E-state index contributed by atoms with van der Waals surface area (Å²) in [6.45, 7) is 3.89. The van der Waals surface area contributed by atoms with E-state index in [1.165, 1.54) is 0 Å². The maximum Gasteiger partial charge on any atom is 0.133 e. The molecule has 0 saturated heterocycles. The van der Waals surface area contributed by atoms with Crippen LogP contribution in [0, 0.1) is 0 Å². The molecule has 0 aliphatic carbocycles. The molecule has 74 valence electrons. The monoisotopic (exact) mass is 253 g/mol.